The molecule has 0 aliphatic heterocycles. The van der Waals surface area contributed by atoms with Crippen molar-refractivity contribution in [3.05, 3.63) is 40.2 Å². The predicted octanol–water partition coefficient (Wildman–Crippen LogP) is 2.95. The van der Waals surface area contributed by atoms with Crippen LogP contribution >= 0.6 is 15.9 Å². The molecule has 0 fully saturated rings. The molecule has 0 amide bonds. The van der Waals surface area contributed by atoms with Gasteiger partial charge in [-0.05, 0) is 36.5 Å². The van der Waals surface area contributed by atoms with Crippen molar-refractivity contribution in [2.24, 2.45) is 0 Å². The first-order valence-electron chi connectivity index (χ1n) is 3.48. The Bertz CT molecular complexity index is 253. The van der Waals surface area contributed by atoms with Crippen LogP contribution in [0, 0.1) is 6.42 Å². The summed E-state index contributed by atoms with van der Waals surface area (Å²) < 4.78 is 1.24. The van der Waals surface area contributed by atoms with Gasteiger partial charge in [0.2, 0.25) is 0 Å². The number of hydrogen-bond acceptors (Lipinski definition) is 0. The van der Waals surface area contributed by atoms with Crippen molar-refractivity contribution in [1.29, 1.82) is 0 Å². The maximum Gasteiger partial charge on any atom is 0.0213 e. The van der Waals surface area contributed by atoms with Gasteiger partial charge in [0.1, 0.15) is 0 Å². The highest BCUT2D eigenvalue weighted by molar-refractivity contribution is 9.10. The summed E-state index contributed by atoms with van der Waals surface area (Å²) in [6.07, 6.45) is 4.71. The van der Waals surface area contributed by atoms with Crippen molar-refractivity contribution in [3.8, 4) is 0 Å². The average molecular weight is 196 g/mol. The molecule has 0 aromatic heterocycles. The Morgan fingerprint density at radius 3 is 3.00 bits per heavy atom. The third-order valence-corrected chi connectivity index (χ3v) is 2.60. The fourth-order valence-electron chi connectivity index (χ4n) is 1.40. The summed E-state index contributed by atoms with van der Waals surface area (Å²) >= 11 is 3.52. The van der Waals surface area contributed by atoms with E-state index in [0.717, 1.165) is 0 Å². The molecule has 1 aromatic carbocycles. The lowest BCUT2D eigenvalue weighted by Crippen LogP contribution is -1.80. The Morgan fingerprint density at radius 2 is 2.20 bits per heavy atom. The highest BCUT2D eigenvalue weighted by Crippen LogP contribution is 2.29. The molecule has 1 aliphatic rings. The smallest absolute Gasteiger partial charge is 0.0213 e. The van der Waals surface area contributed by atoms with Gasteiger partial charge in [0.15, 0.2) is 0 Å². The van der Waals surface area contributed by atoms with Crippen molar-refractivity contribution in [3.63, 3.8) is 0 Å². The summed E-state index contributed by atoms with van der Waals surface area (Å²) in [5.41, 5.74) is 2.89. The van der Waals surface area contributed by atoms with Gasteiger partial charge in [-0.3, -0.25) is 0 Å². The zero-order chi connectivity index (χ0) is 6.97. The molecular weight excluding hydrogens is 188 g/mol. The lowest BCUT2D eigenvalue weighted by molar-refractivity contribution is 1.03. The van der Waals surface area contributed by atoms with Crippen LogP contribution in [0.25, 0.3) is 0 Å². The fourth-order valence-corrected chi connectivity index (χ4v) is 1.97. The van der Waals surface area contributed by atoms with Crippen molar-refractivity contribution < 1.29 is 0 Å². The number of halogens is 1. The summed E-state index contributed by atoms with van der Waals surface area (Å²) in [7, 11) is 0. The number of hydrogen-bond donors (Lipinski definition) is 0. The molecule has 0 nitrogen and oxygen atoms in total. The van der Waals surface area contributed by atoms with Gasteiger partial charge in [0, 0.05) is 4.47 Å². The van der Waals surface area contributed by atoms with Crippen molar-refractivity contribution in [2.45, 2.75) is 12.8 Å². The molecule has 0 unspecified atom stereocenters. The van der Waals surface area contributed by atoms with Crippen molar-refractivity contribution in [1.82, 2.24) is 0 Å². The molecule has 0 N–H and O–H groups in total. The first kappa shape index (κ1) is 6.41. The summed E-state index contributed by atoms with van der Waals surface area (Å²) in [4.78, 5) is 0. The van der Waals surface area contributed by atoms with E-state index in [4.69, 9.17) is 0 Å². The third kappa shape index (κ3) is 0.891. The Hall–Kier alpha value is -0.300. The molecular formula is C9H8Br. The molecule has 10 heavy (non-hydrogen) atoms. The number of fused-ring (bicyclic) bond motifs is 1. The lowest BCUT2D eigenvalue weighted by atomic mass is 10.1. The topological polar surface area (TPSA) is 0 Å². The number of aryl methyl sites for hydroxylation is 1. The van der Waals surface area contributed by atoms with Crippen molar-refractivity contribution in [2.75, 3.05) is 0 Å². The van der Waals surface area contributed by atoms with Gasteiger partial charge in [0.25, 0.3) is 0 Å². The van der Waals surface area contributed by atoms with Gasteiger partial charge in [-0.1, -0.05) is 28.1 Å². The number of rotatable bonds is 0. The summed E-state index contributed by atoms with van der Waals surface area (Å²) in [5.74, 6) is 0. The average Bonchev–Trinajstić information content (AvgIpc) is 2.36. The van der Waals surface area contributed by atoms with Gasteiger partial charge in [-0.2, -0.15) is 0 Å². The lowest BCUT2D eigenvalue weighted by Gasteiger charge is -1.98. The Labute approximate surface area is 69.4 Å². The van der Waals surface area contributed by atoms with E-state index in [9.17, 15) is 0 Å². The molecule has 51 valence electrons. The van der Waals surface area contributed by atoms with Crippen LogP contribution in [0.5, 0.6) is 0 Å². The van der Waals surface area contributed by atoms with Crippen LogP contribution in [0.1, 0.15) is 17.5 Å². The molecule has 0 spiro atoms. The molecule has 0 saturated heterocycles. The van der Waals surface area contributed by atoms with Crippen LogP contribution in [0.4, 0.5) is 0 Å². The molecule has 1 radical (unpaired) electrons. The maximum atomic E-state index is 3.52. The fraction of sp³-hybridized carbons (Fsp3) is 0.222. The minimum atomic E-state index is 1.21. The van der Waals surface area contributed by atoms with Gasteiger partial charge in [-0.15, -0.1) is 0 Å². The monoisotopic (exact) mass is 195 g/mol. The highest BCUT2D eigenvalue weighted by atomic mass is 79.9. The van der Waals surface area contributed by atoms with E-state index in [1.807, 2.05) is 0 Å². The first-order chi connectivity index (χ1) is 4.88. The van der Waals surface area contributed by atoms with Crippen LogP contribution in [0.2, 0.25) is 0 Å². The second-order valence-electron chi connectivity index (χ2n) is 2.56. The molecule has 0 saturated carbocycles. The molecule has 1 aliphatic carbocycles. The molecule has 2 rings (SSSR count). The molecule has 0 bridgehead atoms. The highest BCUT2D eigenvalue weighted by Gasteiger charge is 2.12. The maximum absolute atomic E-state index is 3.52. The Morgan fingerprint density at radius 1 is 1.30 bits per heavy atom. The van der Waals surface area contributed by atoms with E-state index in [2.05, 4.69) is 40.5 Å². The van der Waals surface area contributed by atoms with Gasteiger partial charge in [0.05, 0.1) is 0 Å². The summed E-state index contributed by atoms with van der Waals surface area (Å²) in [6, 6.07) is 6.40. The molecule has 0 atom stereocenters. The van der Waals surface area contributed by atoms with Gasteiger partial charge >= 0.3 is 0 Å². The van der Waals surface area contributed by atoms with Gasteiger partial charge in [-0.25, -0.2) is 0 Å². The third-order valence-electron chi connectivity index (χ3n) is 1.91. The van der Waals surface area contributed by atoms with Crippen LogP contribution in [0.3, 0.4) is 0 Å². The normalized spacial score (nSPS) is 15.3. The Kier molecular flexibility index (Phi) is 1.53. The van der Waals surface area contributed by atoms with Crippen LogP contribution in [-0.4, -0.2) is 0 Å². The predicted molar refractivity (Wildman–Crippen MR) is 45.9 cm³/mol. The zero-order valence-electron chi connectivity index (χ0n) is 5.60. The van der Waals surface area contributed by atoms with E-state index in [0.29, 0.717) is 0 Å². The van der Waals surface area contributed by atoms with E-state index >= 15 is 0 Å². The van der Waals surface area contributed by atoms with Crippen LogP contribution in [-0.2, 0) is 6.42 Å². The van der Waals surface area contributed by atoms with E-state index in [1.54, 1.807) is 0 Å². The van der Waals surface area contributed by atoms with Crippen molar-refractivity contribution >= 4 is 15.9 Å². The minimum Gasteiger partial charge on any atom is -0.0609 e. The summed E-state index contributed by atoms with van der Waals surface area (Å²) in [5, 5.41) is 0. The van der Waals surface area contributed by atoms with E-state index in [1.165, 1.54) is 28.4 Å². The minimum absolute atomic E-state index is 1.21. The molecule has 1 heteroatoms. The second-order valence-corrected chi connectivity index (χ2v) is 3.41. The SMILES string of the molecule is Brc1cccc2c1[CH]CC2. The van der Waals surface area contributed by atoms with Crippen LogP contribution < -0.4 is 0 Å². The standard InChI is InChI=1S/C9H8Br/c10-9-6-2-4-7-3-1-5-8(7)9/h2,4-6H,1,3H2. The zero-order valence-corrected chi connectivity index (χ0v) is 7.19. The largest absolute Gasteiger partial charge is 0.0609 e. The van der Waals surface area contributed by atoms with E-state index in [-0.39, 0.29) is 0 Å². The quantitative estimate of drug-likeness (QED) is 0.598. The first-order valence-corrected chi connectivity index (χ1v) is 4.28. The molecule has 1 aromatic rings. The molecule has 0 heterocycles. The number of benzene rings is 1. The summed E-state index contributed by atoms with van der Waals surface area (Å²) in [6.45, 7) is 0. The van der Waals surface area contributed by atoms with E-state index < -0.39 is 0 Å². The Balaban J connectivity index is 2.59. The van der Waals surface area contributed by atoms with Crippen LogP contribution in [0.15, 0.2) is 22.7 Å². The van der Waals surface area contributed by atoms with Gasteiger partial charge < -0.3 is 0 Å². The second kappa shape index (κ2) is 2.39.